The molecule has 1 saturated carbocycles. The molecule has 0 bridgehead atoms. The van der Waals surface area contributed by atoms with Gasteiger partial charge in [0.05, 0.1) is 0 Å². The van der Waals surface area contributed by atoms with Crippen LogP contribution in [0.5, 0.6) is 0 Å². The van der Waals surface area contributed by atoms with Gasteiger partial charge in [-0.3, -0.25) is 0 Å². The topological polar surface area (TPSA) is 15.8 Å². The van der Waals surface area contributed by atoms with Gasteiger partial charge in [-0.25, -0.2) is 0 Å². The van der Waals surface area contributed by atoms with Gasteiger partial charge < -0.3 is 4.98 Å². The first-order valence-electron chi connectivity index (χ1n) is 4.91. The molecule has 1 heterocycles. The molecule has 2 atom stereocenters. The van der Waals surface area contributed by atoms with Crippen LogP contribution in [0.2, 0.25) is 0 Å². The van der Waals surface area contributed by atoms with E-state index in [1.165, 1.54) is 30.7 Å². The van der Waals surface area contributed by atoms with Gasteiger partial charge in [-0.15, -0.1) is 0 Å². The van der Waals surface area contributed by atoms with Crippen molar-refractivity contribution in [1.82, 2.24) is 4.98 Å². The Bertz CT molecular complexity index is 262. The van der Waals surface area contributed by atoms with Gasteiger partial charge in [0.15, 0.2) is 0 Å². The molecule has 2 unspecified atom stereocenters. The van der Waals surface area contributed by atoms with E-state index in [1.54, 1.807) is 0 Å². The summed E-state index contributed by atoms with van der Waals surface area (Å²) in [5.74, 6) is 1.74. The number of H-pyrrole nitrogens is 1. The molecule has 1 heteroatoms. The number of aromatic nitrogens is 1. The average Bonchev–Trinajstić information content (AvgIpc) is 2.58. The largest absolute Gasteiger partial charge is 0.362 e. The quantitative estimate of drug-likeness (QED) is 0.654. The summed E-state index contributed by atoms with van der Waals surface area (Å²) < 4.78 is 0. The van der Waals surface area contributed by atoms with Crippen molar-refractivity contribution >= 4 is 0 Å². The van der Waals surface area contributed by atoms with Crippen LogP contribution in [0, 0.1) is 12.8 Å². The van der Waals surface area contributed by atoms with Gasteiger partial charge in [0.1, 0.15) is 0 Å². The average molecular weight is 163 g/mol. The summed E-state index contributed by atoms with van der Waals surface area (Å²) in [4.78, 5) is 3.44. The lowest BCUT2D eigenvalue weighted by Crippen LogP contribution is -1.93. The van der Waals surface area contributed by atoms with E-state index >= 15 is 0 Å². The van der Waals surface area contributed by atoms with Crippen LogP contribution in [0.25, 0.3) is 0 Å². The van der Waals surface area contributed by atoms with E-state index in [4.69, 9.17) is 0 Å². The second-order valence-corrected chi connectivity index (χ2v) is 4.21. The first-order chi connectivity index (χ1) is 5.75. The molecule has 1 aliphatic carbocycles. The van der Waals surface area contributed by atoms with Crippen molar-refractivity contribution in [2.45, 2.75) is 39.0 Å². The summed E-state index contributed by atoms with van der Waals surface area (Å²) in [6.07, 6.45) is 4.16. The van der Waals surface area contributed by atoms with E-state index < -0.39 is 0 Å². The van der Waals surface area contributed by atoms with E-state index in [9.17, 15) is 0 Å². The summed E-state index contributed by atoms with van der Waals surface area (Å²) in [6, 6.07) is 4.43. The summed E-state index contributed by atoms with van der Waals surface area (Å²) in [5.41, 5.74) is 2.75. The molecule has 1 aliphatic rings. The predicted octanol–water partition coefficient (Wildman–Crippen LogP) is 3.23. The minimum atomic E-state index is 0.814. The van der Waals surface area contributed by atoms with Crippen LogP contribution in [0.3, 0.4) is 0 Å². The zero-order valence-corrected chi connectivity index (χ0v) is 7.93. The van der Waals surface area contributed by atoms with E-state index in [0.29, 0.717) is 0 Å². The maximum Gasteiger partial charge on any atom is 0.0180 e. The zero-order valence-electron chi connectivity index (χ0n) is 7.93. The lowest BCUT2D eigenvalue weighted by Gasteiger charge is -2.06. The fourth-order valence-corrected chi connectivity index (χ4v) is 2.25. The molecule has 12 heavy (non-hydrogen) atoms. The lowest BCUT2D eigenvalue weighted by molar-refractivity contribution is 0.593. The Morgan fingerprint density at radius 3 is 2.67 bits per heavy atom. The van der Waals surface area contributed by atoms with Gasteiger partial charge >= 0.3 is 0 Å². The van der Waals surface area contributed by atoms with Crippen LogP contribution in [0.15, 0.2) is 12.1 Å². The van der Waals surface area contributed by atoms with Crippen LogP contribution >= 0.6 is 0 Å². The number of hydrogen-bond donors (Lipinski definition) is 1. The Kier molecular flexibility index (Phi) is 1.95. The Balaban J connectivity index is 2.11. The Hall–Kier alpha value is -0.720. The SMILES string of the molecule is Cc1ccc(C2CCC(C)C2)[nH]1. The minimum Gasteiger partial charge on any atom is -0.362 e. The molecule has 0 amide bonds. The van der Waals surface area contributed by atoms with Gasteiger partial charge in [-0.2, -0.15) is 0 Å². The first-order valence-corrected chi connectivity index (χ1v) is 4.91. The molecule has 2 rings (SSSR count). The zero-order chi connectivity index (χ0) is 8.55. The maximum absolute atomic E-state index is 3.44. The van der Waals surface area contributed by atoms with Crippen LogP contribution in [0.4, 0.5) is 0 Å². The molecule has 0 aliphatic heterocycles. The van der Waals surface area contributed by atoms with Gasteiger partial charge in [-0.05, 0) is 43.7 Å². The second kappa shape index (κ2) is 2.96. The van der Waals surface area contributed by atoms with Gasteiger partial charge in [-0.1, -0.05) is 13.3 Å². The number of rotatable bonds is 1. The number of aromatic amines is 1. The van der Waals surface area contributed by atoms with Crippen molar-refractivity contribution in [2.75, 3.05) is 0 Å². The molecule has 66 valence electrons. The molecule has 1 aromatic rings. The summed E-state index contributed by atoms with van der Waals surface area (Å²) >= 11 is 0. The predicted molar refractivity (Wildman–Crippen MR) is 51.3 cm³/mol. The van der Waals surface area contributed by atoms with Crippen LogP contribution < -0.4 is 0 Å². The van der Waals surface area contributed by atoms with E-state index in [0.717, 1.165) is 11.8 Å². The molecule has 0 radical (unpaired) electrons. The first kappa shape index (κ1) is 7.90. The van der Waals surface area contributed by atoms with Crippen LogP contribution in [0.1, 0.15) is 43.5 Å². The molecule has 0 aromatic carbocycles. The fourth-order valence-electron chi connectivity index (χ4n) is 2.25. The van der Waals surface area contributed by atoms with Crippen molar-refractivity contribution in [1.29, 1.82) is 0 Å². The highest BCUT2D eigenvalue weighted by Gasteiger charge is 2.23. The molecular formula is C11H17N. The van der Waals surface area contributed by atoms with E-state index in [-0.39, 0.29) is 0 Å². The third-order valence-electron chi connectivity index (χ3n) is 2.99. The van der Waals surface area contributed by atoms with Crippen molar-refractivity contribution in [2.24, 2.45) is 5.92 Å². The third kappa shape index (κ3) is 1.40. The monoisotopic (exact) mass is 163 g/mol. The Morgan fingerprint density at radius 2 is 2.17 bits per heavy atom. The normalized spacial score (nSPS) is 29.5. The molecule has 1 aromatic heterocycles. The molecule has 1 fully saturated rings. The summed E-state index contributed by atoms with van der Waals surface area (Å²) in [7, 11) is 0. The van der Waals surface area contributed by atoms with Crippen LogP contribution in [-0.2, 0) is 0 Å². The molecule has 1 nitrogen and oxygen atoms in total. The number of hydrogen-bond acceptors (Lipinski definition) is 0. The van der Waals surface area contributed by atoms with Crippen molar-refractivity contribution in [3.05, 3.63) is 23.5 Å². The molecule has 1 N–H and O–H groups in total. The van der Waals surface area contributed by atoms with Gasteiger partial charge in [0.25, 0.3) is 0 Å². The smallest absolute Gasteiger partial charge is 0.0180 e. The maximum atomic E-state index is 3.44. The Morgan fingerprint density at radius 1 is 1.33 bits per heavy atom. The fraction of sp³-hybridized carbons (Fsp3) is 0.636. The van der Waals surface area contributed by atoms with Crippen LogP contribution in [-0.4, -0.2) is 4.98 Å². The molecular weight excluding hydrogens is 146 g/mol. The van der Waals surface area contributed by atoms with E-state index in [1.807, 2.05) is 0 Å². The highest BCUT2D eigenvalue weighted by Crippen LogP contribution is 2.37. The molecule has 0 saturated heterocycles. The van der Waals surface area contributed by atoms with E-state index in [2.05, 4.69) is 31.0 Å². The second-order valence-electron chi connectivity index (χ2n) is 4.21. The highest BCUT2D eigenvalue weighted by atomic mass is 14.7. The standard InChI is InChI=1S/C11H17N/c1-8-3-5-10(7-8)11-6-4-9(2)12-11/h4,6,8,10,12H,3,5,7H2,1-2H3. The number of aryl methyl sites for hydroxylation is 1. The van der Waals surface area contributed by atoms with Crippen molar-refractivity contribution < 1.29 is 0 Å². The van der Waals surface area contributed by atoms with Gasteiger partial charge in [0, 0.05) is 11.4 Å². The minimum absolute atomic E-state index is 0.814. The van der Waals surface area contributed by atoms with Crippen molar-refractivity contribution in [3.63, 3.8) is 0 Å². The summed E-state index contributed by atoms with van der Waals surface area (Å²) in [5, 5.41) is 0. The number of nitrogens with one attached hydrogen (secondary N) is 1. The van der Waals surface area contributed by atoms with Gasteiger partial charge in [0.2, 0.25) is 0 Å². The van der Waals surface area contributed by atoms with Crippen molar-refractivity contribution in [3.8, 4) is 0 Å². The molecule has 0 spiro atoms. The third-order valence-corrected chi connectivity index (χ3v) is 2.99. The lowest BCUT2D eigenvalue weighted by atomic mass is 10.0. The Labute approximate surface area is 74.2 Å². The highest BCUT2D eigenvalue weighted by molar-refractivity contribution is 5.16. The summed E-state index contributed by atoms with van der Waals surface area (Å²) in [6.45, 7) is 4.48.